The topological polar surface area (TPSA) is 39.9 Å². The molecule has 0 aliphatic heterocycles. The van der Waals surface area contributed by atoms with Crippen molar-refractivity contribution in [2.24, 2.45) is 52.3 Å². The Morgan fingerprint density at radius 3 is 2.39 bits per heavy atom. The van der Waals surface area contributed by atoms with E-state index in [1.807, 2.05) is 24.7 Å². The van der Waals surface area contributed by atoms with Crippen molar-refractivity contribution in [2.45, 2.75) is 152 Å². The number of hydrogen-bond acceptors (Lipinski definition) is 3. The summed E-state index contributed by atoms with van der Waals surface area (Å²) >= 11 is 0. The molecule has 1 aromatic heterocycles. The van der Waals surface area contributed by atoms with Gasteiger partial charge in [-0.3, -0.25) is 4.68 Å². The molecule has 0 amide bonds. The van der Waals surface area contributed by atoms with E-state index in [-0.39, 0.29) is 0 Å². The zero-order chi connectivity index (χ0) is 27.5. The van der Waals surface area contributed by atoms with Crippen LogP contribution < -0.4 is 0 Å². The van der Waals surface area contributed by atoms with Gasteiger partial charge in [0.1, 0.15) is 5.69 Å². The summed E-state index contributed by atoms with van der Waals surface area (Å²) < 4.78 is 8.31. The van der Waals surface area contributed by atoms with Crippen LogP contribution in [0.3, 0.4) is 0 Å². The quantitative estimate of drug-likeness (QED) is 0.321. The van der Waals surface area contributed by atoms with Crippen LogP contribution >= 0.6 is 0 Å². The minimum absolute atomic E-state index is 0.405. The van der Waals surface area contributed by atoms with Gasteiger partial charge in [0.15, 0.2) is 0 Å². The molecule has 4 aliphatic rings. The van der Waals surface area contributed by atoms with Crippen LogP contribution in [0, 0.1) is 52.3 Å². The normalized spacial score (nSPS) is 39.1. The van der Waals surface area contributed by atoms with Crippen molar-refractivity contribution in [2.75, 3.05) is 0 Å². The lowest BCUT2D eigenvalue weighted by molar-refractivity contribution is -0.138. The highest BCUT2D eigenvalue weighted by molar-refractivity contribution is 5.10. The highest BCUT2D eigenvalue weighted by Gasteiger charge is 2.60. The fraction of sp³-hybridized carbons (Fsp3) is 0.941. The van der Waals surface area contributed by atoms with Crippen molar-refractivity contribution < 1.29 is 4.74 Å². The van der Waals surface area contributed by atoms with Gasteiger partial charge in [-0.05, 0) is 117 Å². The van der Waals surface area contributed by atoms with E-state index in [1.54, 1.807) is 0 Å². The molecule has 4 heteroatoms. The Hall–Kier alpha value is -0.900. The molecule has 5 rings (SSSR count). The zero-order valence-corrected chi connectivity index (χ0v) is 26.3. The molecular weight excluding hydrogens is 466 g/mol. The molecule has 0 N–H and O–H groups in total. The maximum Gasteiger partial charge on any atom is 0.108 e. The second kappa shape index (κ2) is 12.7. The van der Waals surface area contributed by atoms with Crippen molar-refractivity contribution in [3.05, 3.63) is 11.9 Å². The molecule has 9 atom stereocenters. The number of ether oxygens (including phenoxy) is 1. The number of fused-ring (bicyclic) bond motifs is 5. The molecule has 0 bridgehead atoms. The van der Waals surface area contributed by atoms with Gasteiger partial charge in [0, 0.05) is 6.54 Å². The van der Waals surface area contributed by atoms with Crippen LogP contribution in [-0.2, 0) is 17.9 Å². The predicted octanol–water partition coefficient (Wildman–Crippen LogP) is 9.33. The third kappa shape index (κ3) is 5.91. The first kappa shape index (κ1) is 30.1. The van der Waals surface area contributed by atoms with Crippen molar-refractivity contribution in [1.82, 2.24) is 15.0 Å². The van der Waals surface area contributed by atoms with Gasteiger partial charge in [0.25, 0.3) is 0 Å². The Kier molecular flexibility index (Phi) is 10.1. The second-order valence-corrected chi connectivity index (χ2v) is 14.5. The molecular formula is C34H61N3O. The van der Waals surface area contributed by atoms with Crippen molar-refractivity contribution >= 4 is 0 Å². The lowest BCUT2D eigenvalue weighted by Crippen LogP contribution is -2.54. The van der Waals surface area contributed by atoms with E-state index >= 15 is 0 Å². The second-order valence-electron chi connectivity index (χ2n) is 14.5. The largest absolute Gasteiger partial charge is 0.372 e. The van der Waals surface area contributed by atoms with Gasteiger partial charge in [-0.15, -0.1) is 5.10 Å². The minimum atomic E-state index is 0.405. The van der Waals surface area contributed by atoms with Gasteiger partial charge in [-0.2, -0.15) is 0 Å². The van der Waals surface area contributed by atoms with E-state index in [0.29, 0.717) is 23.5 Å². The average molecular weight is 528 g/mol. The predicted molar refractivity (Wildman–Crippen MR) is 159 cm³/mol. The minimum Gasteiger partial charge on any atom is -0.372 e. The number of aromatic nitrogens is 3. The van der Waals surface area contributed by atoms with Gasteiger partial charge in [0.2, 0.25) is 0 Å². The number of rotatable bonds is 9. The van der Waals surface area contributed by atoms with E-state index in [4.69, 9.17) is 4.74 Å². The van der Waals surface area contributed by atoms with E-state index in [1.165, 1.54) is 77.0 Å². The summed E-state index contributed by atoms with van der Waals surface area (Å²) in [4.78, 5) is 0. The third-order valence-electron chi connectivity index (χ3n) is 12.2. The molecule has 1 aromatic rings. The Labute approximate surface area is 235 Å². The van der Waals surface area contributed by atoms with E-state index < -0.39 is 0 Å². The fourth-order valence-electron chi connectivity index (χ4n) is 10.2. The lowest BCUT2D eigenvalue weighted by Gasteiger charge is -2.61. The standard InChI is InChI=1S/C32H55N3O.C2H6/c1-7-35-20-25(33-34-35)21-36-26-15-17-31(5)24(19-26)11-12-27-29-14-13-28(23(4)10-8-9-22(2)3)32(29,6)18-16-30(27)31;1-2/h20,22-24,26-30H,7-19,21H2,1-6H3;1-2H3/t23-,24?,26+,27?,28-,29?,30?,31+,32-;/m1./s1. The molecule has 0 saturated heterocycles. The molecule has 4 nitrogen and oxygen atoms in total. The van der Waals surface area contributed by atoms with Crippen LogP contribution in [0.5, 0.6) is 0 Å². The smallest absolute Gasteiger partial charge is 0.108 e. The highest BCUT2D eigenvalue weighted by Crippen LogP contribution is 2.68. The van der Waals surface area contributed by atoms with E-state index in [2.05, 4.69) is 51.9 Å². The van der Waals surface area contributed by atoms with Crippen LogP contribution in [0.4, 0.5) is 0 Å². The Balaban J connectivity index is 0.00000164. The molecule has 0 radical (unpaired) electrons. The molecule has 38 heavy (non-hydrogen) atoms. The number of hydrogen-bond donors (Lipinski definition) is 0. The highest BCUT2D eigenvalue weighted by atomic mass is 16.5. The SMILES string of the molecule is CC.CCn1cc(CO[C@H]2CC[C@@]3(C)C(CCC4C3CC[C@@]3(C)C4CC[C@@H]3[C@H](C)CCCC(C)C)C2)nn1. The molecule has 0 aromatic carbocycles. The summed E-state index contributed by atoms with van der Waals surface area (Å²) in [6.07, 6.45) is 19.5. The van der Waals surface area contributed by atoms with Crippen molar-refractivity contribution in [3.63, 3.8) is 0 Å². The van der Waals surface area contributed by atoms with Crippen LogP contribution in [0.25, 0.3) is 0 Å². The summed E-state index contributed by atoms with van der Waals surface area (Å²) in [5.74, 6) is 6.51. The van der Waals surface area contributed by atoms with Crippen LogP contribution in [-0.4, -0.2) is 21.1 Å². The monoisotopic (exact) mass is 527 g/mol. The summed E-state index contributed by atoms with van der Waals surface area (Å²) in [6.45, 7) is 20.4. The van der Waals surface area contributed by atoms with Gasteiger partial charge in [-0.1, -0.05) is 72.9 Å². The molecule has 4 aliphatic carbocycles. The van der Waals surface area contributed by atoms with E-state index in [9.17, 15) is 0 Å². The van der Waals surface area contributed by atoms with Gasteiger partial charge >= 0.3 is 0 Å². The Bertz CT molecular complexity index is 866. The fourth-order valence-corrected chi connectivity index (χ4v) is 10.2. The molecule has 0 spiro atoms. The Morgan fingerprint density at radius 2 is 1.68 bits per heavy atom. The summed E-state index contributed by atoms with van der Waals surface area (Å²) in [7, 11) is 0. The first-order valence-electron chi connectivity index (χ1n) is 16.7. The summed E-state index contributed by atoms with van der Waals surface area (Å²) in [5.41, 5.74) is 2.13. The van der Waals surface area contributed by atoms with Crippen molar-refractivity contribution in [1.29, 1.82) is 0 Å². The first-order chi connectivity index (χ1) is 18.2. The van der Waals surface area contributed by atoms with Crippen LogP contribution in [0.1, 0.15) is 138 Å². The molecule has 4 fully saturated rings. The lowest BCUT2D eigenvalue weighted by atomic mass is 9.44. The third-order valence-corrected chi connectivity index (χ3v) is 12.2. The first-order valence-corrected chi connectivity index (χ1v) is 16.7. The van der Waals surface area contributed by atoms with E-state index in [0.717, 1.165) is 53.7 Å². The summed E-state index contributed by atoms with van der Waals surface area (Å²) in [5, 5.41) is 8.46. The van der Waals surface area contributed by atoms with Gasteiger partial charge in [0.05, 0.1) is 18.9 Å². The average Bonchev–Trinajstić information content (AvgIpc) is 3.52. The van der Waals surface area contributed by atoms with Crippen LogP contribution in [0.15, 0.2) is 6.20 Å². The molecule has 218 valence electrons. The zero-order valence-electron chi connectivity index (χ0n) is 26.3. The van der Waals surface area contributed by atoms with Gasteiger partial charge < -0.3 is 4.74 Å². The maximum absolute atomic E-state index is 6.41. The number of nitrogens with zero attached hydrogens (tertiary/aromatic N) is 3. The van der Waals surface area contributed by atoms with Crippen molar-refractivity contribution in [3.8, 4) is 0 Å². The summed E-state index contributed by atoms with van der Waals surface area (Å²) in [6, 6.07) is 0. The Morgan fingerprint density at radius 1 is 0.947 bits per heavy atom. The van der Waals surface area contributed by atoms with Gasteiger partial charge in [-0.25, -0.2) is 0 Å². The maximum atomic E-state index is 6.41. The van der Waals surface area contributed by atoms with Crippen LogP contribution in [0.2, 0.25) is 0 Å². The molecule has 1 heterocycles. The molecule has 4 unspecified atom stereocenters. The molecule has 4 saturated carbocycles. The number of aryl methyl sites for hydroxylation is 1.